The molecule has 0 atom stereocenters. The molecule has 0 spiro atoms. The fourth-order valence-corrected chi connectivity index (χ4v) is 2.17. The number of para-hydroxylation sites is 1. The fraction of sp³-hybridized carbons (Fsp3) is 0.235. The van der Waals surface area contributed by atoms with Gasteiger partial charge in [0.05, 0.1) is 19.8 Å². The molecule has 0 radical (unpaired) electrons. The van der Waals surface area contributed by atoms with Crippen molar-refractivity contribution in [1.82, 2.24) is 0 Å². The summed E-state index contributed by atoms with van der Waals surface area (Å²) in [5, 5.41) is 3.27. The van der Waals surface area contributed by atoms with Gasteiger partial charge in [-0.3, -0.25) is 0 Å². The molecule has 0 fully saturated rings. The lowest BCUT2D eigenvalue weighted by molar-refractivity contribution is 0.0602. The van der Waals surface area contributed by atoms with Crippen molar-refractivity contribution in [2.24, 2.45) is 0 Å². The van der Waals surface area contributed by atoms with Gasteiger partial charge in [-0.1, -0.05) is 24.3 Å². The molecule has 4 heteroatoms. The Morgan fingerprint density at radius 1 is 1.14 bits per heavy atom. The first kappa shape index (κ1) is 14.9. The van der Waals surface area contributed by atoms with Gasteiger partial charge in [0, 0.05) is 12.2 Å². The van der Waals surface area contributed by atoms with Gasteiger partial charge in [-0.05, 0) is 36.2 Å². The molecule has 110 valence electrons. The summed E-state index contributed by atoms with van der Waals surface area (Å²) in [4.78, 5) is 11.7. The number of rotatable bonds is 5. The highest BCUT2D eigenvalue weighted by Gasteiger charge is 2.10. The normalized spacial score (nSPS) is 10.0. The van der Waals surface area contributed by atoms with Gasteiger partial charge >= 0.3 is 5.97 Å². The molecule has 2 aromatic rings. The Morgan fingerprint density at radius 2 is 1.90 bits per heavy atom. The van der Waals surface area contributed by atoms with Crippen molar-refractivity contribution in [3.05, 3.63) is 59.2 Å². The monoisotopic (exact) mass is 285 g/mol. The Labute approximate surface area is 124 Å². The highest BCUT2D eigenvalue weighted by atomic mass is 16.5. The van der Waals surface area contributed by atoms with Crippen molar-refractivity contribution in [2.75, 3.05) is 19.5 Å². The predicted octanol–water partition coefficient (Wildman–Crippen LogP) is 3.40. The Kier molecular flexibility index (Phi) is 4.82. The highest BCUT2D eigenvalue weighted by molar-refractivity contribution is 5.95. The Balaban J connectivity index is 2.13. The third-order valence-electron chi connectivity index (χ3n) is 3.27. The maximum atomic E-state index is 11.7. The molecule has 0 saturated carbocycles. The molecule has 0 aromatic heterocycles. The number of hydrogen-bond donors (Lipinski definition) is 1. The molecular weight excluding hydrogens is 266 g/mol. The molecule has 2 rings (SSSR count). The molecule has 0 amide bonds. The molecule has 4 nitrogen and oxygen atoms in total. The van der Waals surface area contributed by atoms with E-state index in [1.54, 1.807) is 13.2 Å². The molecule has 1 N–H and O–H groups in total. The van der Waals surface area contributed by atoms with Gasteiger partial charge in [0.2, 0.25) is 0 Å². The van der Waals surface area contributed by atoms with Crippen LogP contribution in [-0.4, -0.2) is 20.2 Å². The summed E-state index contributed by atoms with van der Waals surface area (Å²) in [6.45, 7) is 2.63. The van der Waals surface area contributed by atoms with Gasteiger partial charge in [-0.2, -0.15) is 0 Å². The molecule has 0 bridgehead atoms. The molecule has 0 aliphatic carbocycles. The number of methoxy groups -OCH3 is 2. The van der Waals surface area contributed by atoms with Crippen LogP contribution in [0.25, 0.3) is 0 Å². The number of hydrogen-bond acceptors (Lipinski definition) is 4. The van der Waals surface area contributed by atoms with Crippen molar-refractivity contribution >= 4 is 11.7 Å². The van der Waals surface area contributed by atoms with Gasteiger partial charge < -0.3 is 14.8 Å². The fourth-order valence-electron chi connectivity index (χ4n) is 2.17. The predicted molar refractivity (Wildman–Crippen MR) is 82.8 cm³/mol. The van der Waals surface area contributed by atoms with Crippen molar-refractivity contribution in [3.63, 3.8) is 0 Å². The third kappa shape index (κ3) is 3.54. The van der Waals surface area contributed by atoms with E-state index in [-0.39, 0.29) is 5.97 Å². The van der Waals surface area contributed by atoms with Crippen LogP contribution >= 0.6 is 0 Å². The second-order valence-electron chi connectivity index (χ2n) is 4.69. The van der Waals surface area contributed by atoms with Gasteiger partial charge in [-0.25, -0.2) is 4.79 Å². The lowest BCUT2D eigenvalue weighted by atomic mass is 10.1. The molecule has 0 unspecified atom stereocenters. The van der Waals surface area contributed by atoms with E-state index in [4.69, 9.17) is 9.47 Å². The summed E-state index contributed by atoms with van der Waals surface area (Å²) < 4.78 is 10.0. The number of anilines is 1. The largest absolute Gasteiger partial charge is 0.496 e. The third-order valence-corrected chi connectivity index (χ3v) is 3.27. The van der Waals surface area contributed by atoms with Gasteiger partial charge in [-0.15, -0.1) is 0 Å². The van der Waals surface area contributed by atoms with Crippen LogP contribution in [0, 0.1) is 6.92 Å². The van der Waals surface area contributed by atoms with Crippen LogP contribution in [-0.2, 0) is 11.3 Å². The van der Waals surface area contributed by atoms with E-state index < -0.39 is 0 Å². The zero-order chi connectivity index (χ0) is 15.2. The first-order chi connectivity index (χ1) is 10.2. The molecule has 2 aromatic carbocycles. The maximum absolute atomic E-state index is 11.7. The van der Waals surface area contributed by atoms with E-state index >= 15 is 0 Å². The minimum atomic E-state index is -0.344. The van der Waals surface area contributed by atoms with Gasteiger partial charge in [0.25, 0.3) is 0 Å². The smallest absolute Gasteiger partial charge is 0.339 e. The van der Waals surface area contributed by atoms with Crippen LogP contribution < -0.4 is 10.1 Å². The summed E-state index contributed by atoms with van der Waals surface area (Å²) >= 11 is 0. The number of ether oxygens (including phenoxy) is 2. The van der Waals surface area contributed by atoms with Crippen LogP contribution in [0.5, 0.6) is 5.75 Å². The topological polar surface area (TPSA) is 47.6 Å². The zero-order valence-electron chi connectivity index (χ0n) is 12.5. The van der Waals surface area contributed by atoms with E-state index in [0.717, 1.165) is 22.6 Å². The summed E-state index contributed by atoms with van der Waals surface area (Å²) in [6.07, 6.45) is 0. The van der Waals surface area contributed by atoms with Crippen molar-refractivity contribution < 1.29 is 14.3 Å². The number of carbonyl (C=O) groups is 1. The molecular formula is C17H19NO3. The average molecular weight is 285 g/mol. The first-order valence-electron chi connectivity index (χ1n) is 6.70. The summed E-state index contributed by atoms with van der Waals surface area (Å²) in [6, 6.07) is 13.3. The average Bonchev–Trinajstić information content (AvgIpc) is 2.52. The van der Waals surface area contributed by atoms with E-state index in [2.05, 4.69) is 11.4 Å². The van der Waals surface area contributed by atoms with E-state index in [1.165, 1.54) is 7.11 Å². The number of esters is 1. The van der Waals surface area contributed by atoms with E-state index in [1.807, 2.05) is 37.3 Å². The minimum Gasteiger partial charge on any atom is -0.496 e. The molecule has 21 heavy (non-hydrogen) atoms. The lowest BCUT2D eigenvalue weighted by Gasteiger charge is -2.12. The maximum Gasteiger partial charge on any atom is 0.339 e. The number of nitrogens with one attached hydrogen (secondary N) is 1. The SMILES string of the molecule is COC(=O)c1ccccc1NCc1ccc(OC)c(C)c1. The van der Waals surface area contributed by atoms with Crippen molar-refractivity contribution in [3.8, 4) is 5.75 Å². The zero-order valence-corrected chi connectivity index (χ0v) is 12.5. The second kappa shape index (κ2) is 6.79. The Morgan fingerprint density at radius 3 is 2.57 bits per heavy atom. The van der Waals surface area contributed by atoms with Crippen LogP contribution in [0.4, 0.5) is 5.69 Å². The van der Waals surface area contributed by atoms with Crippen molar-refractivity contribution in [1.29, 1.82) is 0 Å². The van der Waals surface area contributed by atoms with Gasteiger partial charge in [0.15, 0.2) is 0 Å². The molecule has 0 saturated heterocycles. The standard InChI is InChI=1S/C17H19NO3/c1-12-10-13(8-9-16(12)20-2)11-18-15-7-5-4-6-14(15)17(19)21-3/h4-10,18H,11H2,1-3H3. The molecule has 0 heterocycles. The number of benzene rings is 2. The first-order valence-corrected chi connectivity index (χ1v) is 6.70. The van der Waals surface area contributed by atoms with E-state index in [0.29, 0.717) is 12.1 Å². The Bertz CT molecular complexity index is 638. The van der Waals surface area contributed by atoms with Crippen molar-refractivity contribution in [2.45, 2.75) is 13.5 Å². The molecule has 0 aliphatic heterocycles. The second-order valence-corrected chi connectivity index (χ2v) is 4.69. The van der Waals surface area contributed by atoms with Crippen LogP contribution in [0.1, 0.15) is 21.5 Å². The van der Waals surface area contributed by atoms with Crippen LogP contribution in [0.15, 0.2) is 42.5 Å². The van der Waals surface area contributed by atoms with E-state index in [9.17, 15) is 4.79 Å². The quantitative estimate of drug-likeness (QED) is 0.855. The molecule has 0 aliphatic rings. The minimum absolute atomic E-state index is 0.344. The summed E-state index contributed by atoms with van der Waals surface area (Å²) in [7, 11) is 3.04. The summed E-state index contributed by atoms with van der Waals surface area (Å²) in [5.74, 6) is 0.526. The summed E-state index contributed by atoms with van der Waals surface area (Å²) in [5.41, 5.74) is 3.49. The number of aryl methyl sites for hydroxylation is 1. The Hall–Kier alpha value is -2.49. The van der Waals surface area contributed by atoms with Gasteiger partial charge in [0.1, 0.15) is 5.75 Å². The highest BCUT2D eigenvalue weighted by Crippen LogP contribution is 2.21. The lowest BCUT2D eigenvalue weighted by Crippen LogP contribution is -2.08. The van der Waals surface area contributed by atoms with Crippen LogP contribution in [0.3, 0.4) is 0 Å². The van der Waals surface area contributed by atoms with Crippen LogP contribution in [0.2, 0.25) is 0 Å². The number of carbonyl (C=O) groups excluding carboxylic acids is 1.